The van der Waals surface area contributed by atoms with E-state index in [2.05, 4.69) is 6.58 Å². The summed E-state index contributed by atoms with van der Waals surface area (Å²) in [6, 6.07) is 0. The molecule has 3 atom stereocenters. The summed E-state index contributed by atoms with van der Waals surface area (Å²) in [7, 11) is 0. The fraction of sp³-hybridized carbons (Fsp3) is 0.667. The maximum absolute atomic E-state index is 12.2. The van der Waals surface area contributed by atoms with Crippen LogP contribution in [0.1, 0.15) is 33.1 Å². The van der Waals surface area contributed by atoms with Crippen molar-refractivity contribution < 1.29 is 24.1 Å². The second kappa shape index (κ2) is 4.24. The predicted molar refractivity (Wildman–Crippen MR) is 70.8 cm³/mol. The lowest BCUT2D eigenvalue weighted by molar-refractivity contribution is -0.238. The molecule has 2 heterocycles. The number of ketones is 1. The van der Waals surface area contributed by atoms with Crippen molar-refractivity contribution in [2.75, 3.05) is 6.79 Å². The maximum atomic E-state index is 12.2. The Bertz CT molecular complexity index is 489. The topological polar surface area (TPSA) is 65.0 Å². The van der Waals surface area contributed by atoms with Crippen LogP contribution in [0.5, 0.6) is 0 Å². The lowest BCUT2D eigenvalue weighted by Gasteiger charge is -2.37. The Hall–Kier alpha value is -1.01. The molecule has 2 fully saturated rings. The number of Topliss-reactive ketones (excluding diaryl/α,β-unsaturated/α-hetero) is 1. The zero-order valence-electron chi connectivity index (χ0n) is 11.8. The second-order valence-corrected chi connectivity index (χ2v) is 6.28. The van der Waals surface area contributed by atoms with Crippen LogP contribution in [0.25, 0.3) is 0 Å². The largest absolute Gasteiger partial charge is 0.388 e. The van der Waals surface area contributed by atoms with Gasteiger partial charge in [-0.3, -0.25) is 4.79 Å². The minimum Gasteiger partial charge on any atom is -0.388 e. The van der Waals surface area contributed by atoms with Gasteiger partial charge in [-0.25, -0.2) is 0 Å². The molecule has 3 rings (SSSR count). The monoisotopic (exact) mass is 280 g/mol. The van der Waals surface area contributed by atoms with Crippen molar-refractivity contribution in [1.29, 1.82) is 0 Å². The zero-order valence-corrected chi connectivity index (χ0v) is 11.8. The highest BCUT2D eigenvalue weighted by Crippen LogP contribution is 2.55. The van der Waals surface area contributed by atoms with Crippen molar-refractivity contribution in [1.82, 2.24) is 0 Å². The van der Waals surface area contributed by atoms with Crippen LogP contribution in [-0.4, -0.2) is 40.8 Å². The fourth-order valence-corrected chi connectivity index (χ4v) is 3.22. The molecule has 0 aromatic heterocycles. The summed E-state index contributed by atoms with van der Waals surface area (Å²) in [5.74, 6) is -1.10. The van der Waals surface area contributed by atoms with Crippen molar-refractivity contribution >= 4 is 5.78 Å². The van der Waals surface area contributed by atoms with Gasteiger partial charge in [0.15, 0.2) is 12.6 Å². The summed E-state index contributed by atoms with van der Waals surface area (Å²) in [5, 5.41) is 10.2. The third kappa shape index (κ3) is 1.81. The van der Waals surface area contributed by atoms with E-state index in [1.165, 1.54) is 0 Å². The lowest BCUT2D eigenvalue weighted by Crippen LogP contribution is -2.51. The first-order valence-electron chi connectivity index (χ1n) is 6.86. The summed E-state index contributed by atoms with van der Waals surface area (Å²) < 4.78 is 17.4. The average molecular weight is 280 g/mol. The number of hydrogen-bond donors (Lipinski definition) is 1. The molecule has 0 aromatic carbocycles. The Morgan fingerprint density at radius 2 is 2.30 bits per heavy atom. The van der Waals surface area contributed by atoms with Crippen molar-refractivity contribution in [2.24, 2.45) is 0 Å². The number of allylic oxidation sites excluding steroid dienone is 2. The SMILES string of the molecule is C=CCC1=C[C@@]23C[C@H](C(C)(C)O)O[C@]2(CC1=O)OCO3. The molecule has 0 spiro atoms. The Balaban J connectivity index is 2.01. The van der Waals surface area contributed by atoms with E-state index in [1.54, 1.807) is 19.9 Å². The van der Waals surface area contributed by atoms with Crippen molar-refractivity contribution in [3.63, 3.8) is 0 Å². The molecule has 0 saturated carbocycles. The van der Waals surface area contributed by atoms with Crippen molar-refractivity contribution in [3.8, 4) is 0 Å². The first-order valence-corrected chi connectivity index (χ1v) is 6.86. The quantitative estimate of drug-likeness (QED) is 0.793. The molecule has 0 bridgehead atoms. The van der Waals surface area contributed by atoms with Crippen LogP contribution in [0.4, 0.5) is 0 Å². The van der Waals surface area contributed by atoms with E-state index in [0.717, 1.165) is 0 Å². The van der Waals surface area contributed by atoms with E-state index in [-0.39, 0.29) is 19.0 Å². The van der Waals surface area contributed by atoms with Gasteiger partial charge in [0.25, 0.3) is 0 Å². The molecule has 5 nitrogen and oxygen atoms in total. The Morgan fingerprint density at radius 3 is 2.95 bits per heavy atom. The molecular formula is C15H20O5. The molecule has 2 aliphatic heterocycles. The molecule has 1 N–H and O–H groups in total. The van der Waals surface area contributed by atoms with Gasteiger partial charge in [-0.15, -0.1) is 6.58 Å². The smallest absolute Gasteiger partial charge is 0.211 e. The molecule has 20 heavy (non-hydrogen) atoms. The molecule has 3 aliphatic rings. The van der Waals surface area contributed by atoms with Gasteiger partial charge in [0.2, 0.25) is 5.79 Å². The number of carbonyl (C=O) groups is 1. The Labute approximate surface area is 118 Å². The van der Waals surface area contributed by atoms with Crippen molar-refractivity contribution in [2.45, 2.75) is 56.2 Å². The van der Waals surface area contributed by atoms with Crippen LogP contribution in [0.3, 0.4) is 0 Å². The Morgan fingerprint density at radius 1 is 1.55 bits per heavy atom. The van der Waals surface area contributed by atoms with E-state index in [0.29, 0.717) is 18.4 Å². The second-order valence-electron chi connectivity index (χ2n) is 6.28. The van der Waals surface area contributed by atoms with E-state index in [1.807, 2.05) is 6.08 Å². The molecule has 0 aromatic rings. The van der Waals surface area contributed by atoms with Gasteiger partial charge < -0.3 is 19.3 Å². The Kier molecular flexibility index (Phi) is 2.96. The van der Waals surface area contributed by atoms with Crippen LogP contribution in [0.2, 0.25) is 0 Å². The summed E-state index contributed by atoms with van der Waals surface area (Å²) in [6.45, 7) is 7.15. The molecule has 1 aliphatic carbocycles. The highest BCUT2D eigenvalue weighted by atomic mass is 16.8. The van der Waals surface area contributed by atoms with Crippen molar-refractivity contribution in [3.05, 3.63) is 24.3 Å². The number of aliphatic hydroxyl groups is 1. The van der Waals surface area contributed by atoms with Gasteiger partial charge in [-0.05, 0) is 31.9 Å². The number of hydrogen-bond acceptors (Lipinski definition) is 5. The van der Waals surface area contributed by atoms with Gasteiger partial charge in [-0.2, -0.15) is 0 Å². The van der Waals surface area contributed by atoms with Gasteiger partial charge >= 0.3 is 0 Å². The fourth-order valence-electron chi connectivity index (χ4n) is 3.22. The van der Waals surface area contributed by atoms with E-state index in [9.17, 15) is 9.90 Å². The summed E-state index contributed by atoms with van der Waals surface area (Å²) in [5.41, 5.74) is -1.11. The molecule has 5 heteroatoms. The molecular weight excluding hydrogens is 260 g/mol. The van der Waals surface area contributed by atoms with E-state index >= 15 is 0 Å². The van der Waals surface area contributed by atoms with E-state index < -0.39 is 23.1 Å². The first-order chi connectivity index (χ1) is 9.32. The highest BCUT2D eigenvalue weighted by molar-refractivity contribution is 5.97. The highest BCUT2D eigenvalue weighted by Gasteiger charge is 2.68. The van der Waals surface area contributed by atoms with Crippen LogP contribution in [0, 0.1) is 0 Å². The van der Waals surface area contributed by atoms with Gasteiger partial charge in [0, 0.05) is 6.42 Å². The average Bonchev–Trinajstić information content (AvgIpc) is 2.80. The molecule has 0 amide bonds. The molecule has 110 valence electrons. The lowest BCUT2D eigenvalue weighted by atomic mass is 9.77. The van der Waals surface area contributed by atoms with Crippen LogP contribution in [-0.2, 0) is 19.0 Å². The van der Waals surface area contributed by atoms with Crippen LogP contribution < -0.4 is 0 Å². The predicted octanol–water partition coefficient (Wildman–Crippen LogP) is 1.46. The van der Waals surface area contributed by atoms with Gasteiger partial charge in [0.1, 0.15) is 5.60 Å². The van der Waals surface area contributed by atoms with Gasteiger partial charge in [0.05, 0.1) is 18.1 Å². The standard InChI is InChI=1S/C15H20O5/c1-4-5-10-6-14-8-12(13(2,3)17)20-15(14,7-11(10)16)19-9-18-14/h4,6,12,17H,1,5,7-9H2,2-3H3/t12-,14-,15+/m1/s1. The third-order valence-corrected chi connectivity index (χ3v) is 4.39. The molecule has 0 unspecified atom stereocenters. The third-order valence-electron chi connectivity index (χ3n) is 4.39. The summed E-state index contributed by atoms with van der Waals surface area (Å²) >= 11 is 0. The summed E-state index contributed by atoms with van der Waals surface area (Å²) in [6.07, 6.45) is 4.19. The number of carbonyl (C=O) groups excluding carboxylic acids is 1. The number of ether oxygens (including phenoxy) is 3. The normalized spacial score (nSPS) is 40.2. The molecule has 2 saturated heterocycles. The number of rotatable bonds is 3. The van der Waals surface area contributed by atoms with Crippen LogP contribution in [0.15, 0.2) is 24.3 Å². The van der Waals surface area contributed by atoms with E-state index in [4.69, 9.17) is 14.2 Å². The first kappa shape index (κ1) is 13.9. The van der Waals surface area contributed by atoms with Crippen LogP contribution >= 0.6 is 0 Å². The molecule has 0 radical (unpaired) electrons. The zero-order chi connectivity index (χ0) is 14.6. The minimum absolute atomic E-state index is 0.0116. The minimum atomic E-state index is -1.08. The van der Waals surface area contributed by atoms with Gasteiger partial charge in [-0.1, -0.05) is 6.08 Å². The maximum Gasteiger partial charge on any atom is 0.211 e. The summed E-state index contributed by atoms with van der Waals surface area (Å²) in [4.78, 5) is 12.2.